The first-order valence-electron chi connectivity index (χ1n) is 11.3. The maximum absolute atomic E-state index is 13.2. The van der Waals surface area contributed by atoms with Gasteiger partial charge in [-0.05, 0) is 54.0 Å². The van der Waals surface area contributed by atoms with Crippen molar-refractivity contribution in [1.82, 2.24) is 24.4 Å². The molecule has 0 bridgehead atoms. The Labute approximate surface area is 201 Å². The smallest absolute Gasteiger partial charge is 0.287 e. The number of aromatic nitrogens is 4. The number of fused-ring (bicyclic) bond motifs is 1. The Morgan fingerprint density at radius 1 is 1.18 bits per heavy atom. The molecule has 1 atom stereocenters. The van der Waals surface area contributed by atoms with E-state index in [4.69, 9.17) is 21.0 Å². The van der Waals surface area contributed by atoms with E-state index in [9.17, 15) is 13.2 Å². The van der Waals surface area contributed by atoms with Gasteiger partial charge in [0, 0.05) is 26.2 Å². The summed E-state index contributed by atoms with van der Waals surface area (Å²) in [5.74, 6) is 0.373. The zero-order valence-electron chi connectivity index (χ0n) is 18.4. The van der Waals surface area contributed by atoms with Crippen molar-refractivity contribution in [2.24, 2.45) is 5.92 Å². The summed E-state index contributed by atoms with van der Waals surface area (Å²) in [4.78, 5) is 13.0. The van der Waals surface area contributed by atoms with E-state index in [1.165, 1.54) is 15.1 Å². The summed E-state index contributed by atoms with van der Waals surface area (Å²) in [7, 11) is -3.79. The molecule has 3 aromatic rings. The molecule has 4 heterocycles. The Bertz CT molecular complexity index is 1330. The van der Waals surface area contributed by atoms with Gasteiger partial charge in [0.15, 0.2) is 5.52 Å². The summed E-state index contributed by atoms with van der Waals surface area (Å²) in [5.41, 5.74) is 0.706. The molecule has 2 aliphatic rings. The summed E-state index contributed by atoms with van der Waals surface area (Å²) in [6, 6.07) is 4.49. The number of sulfonamides is 1. The van der Waals surface area contributed by atoms with Gasteiger partial charge in [-0.25, -0.2) is 17.7 Å². The van der Waals surface area contributed by atoms with Crippen molar-refractivity contribution in [2.75, 3.05) is 38.2 Å². The predicted octanol–water partition coefficient (Wildman–Crippen LogP) is 2.30. The van der Waals surface area contributed by atoms with E-state index in [0.717, 1.165) is 19.4 Å². The fourth-order valence-electron chi connectivity index (χ4n) is 4.51. The molecule has 0 saturated carbocycles. The number of anilines is 1. The molecule has 2 aliphatic heterocycles. The van der Waals surface area contributed by atoms with E-state index in [-0.39, 0.29) is 40.1 Å². The molecule has 2 fully saturated rings. The molecule has 0 aliphatic carbocycles. The lowest BCUT2D eigenvalue weighted by molar-refractivity contribution is 0.0595. The second-order valence-corrected chi connectivity index (χ2v) is 10.9. The van der Waals surface area contributed by atoms with Crippen LogP contribution in [-0.4, -0.2) is 65.7 Å². The number of benzene rings is 1. The van der Waals surface area contributed by atoms with E-state index in [0.29, 0.717) is 43.1 Å². The van der Waals surface area contributed by atoms with Crippen LogP contribution in [0.5, 0.6) is 0 Å². The highest BCUT2D eigenvalue weighted by Crippen LogP contribution is 2.29. The lowest BCUT2D eigenvalue weighted by Gasteiger charge is -2.31. The third-order valence-electron chi connectivity index (χ3n) is 6.42. The average molecular weight is 509 g/mol. The SMILES string of the molecule is O=c1c(Cl)c(NC[C@H]2CCCOC2)cnn1C1CCN(S(=O)(=O)c2cccc3nonc23)CC1. The quantitative estimate of drug-likeness (QED) is 0.532. The molecular formula is C21H25ClN6O5S. The molecule has 0 radical (unpaired) electrons. The summed E-state index contributed by atoms with van der Waals surface area (Å²) < 4.78 is 39.3. The van der Waals surface area contributed by atoms with Crippen LogP contribution in [0.2, 0.25) is 5.02 Å². The Hall–Kier alpha value is -2.54. The number of hydrogen-bond acceptors (Lipinski definition) is 9. The van der Waals surface area contributed by atoms with E-state index in [1.807, 2.05) is 0 Å². The van der Waals surface area contributed by atoms with Gasteiger partial charge < -0.3 is 10.1 Å². The zero-order chi connectivity index (χ0) is 23.7. The van der Waals surface area contributed by atoms with Crippen molar-refractivity contribution in [1.29, 1.82) is 0 Å². The topological polar surface area (TPSA) is 132 Å². The van der Waals surface area contributed by atoms with Gasteiger partial charge in [-0.1, -0.05) is 17.7 Å². The number of piperidine rings is 1. The molecule has 182 valence electrons. The summed E-state index contributed by atoms with van der Waals surface area (Å²) in [6.07, 6.45) is 4.52. The van der Waals surface area contributed by atoms with Crippen LogP contribution in [0.1, 0.15) is 31.7 Å². The minimum atomic E-state index is -3.79. The number of nitrogens with zero attached hydrogens (tertiary/aromatic N) is 5. The van der Waals surface area contributed by atoms with Gasteiger partial charge in [0.05, 0.1) is 24.5 Å². The second kappa shape index (κ2) is 9.61. The number of hydrogen-bond donors (Lipinski definition) is 1. The highest BCUT2D eigenvalue weighted by Gasteiger charge is 2.33. The number of nitrogens with one attached hydrogen (secondary N) is 1. The second-order valence-electron chi connectivity index (χ2n) is 8.61. The first kappa shape index (κ1) is 23.2. The minimum Gasteiger partial charge on any atom is -0.382 e. The normalized spacial score (nSPS) is 20.6. The van der Waals surface area contributed by atoms with Gasteiger partial charge >= 0.3 is 0 Å². The van der Waals surface area contributed by atoms with Gasteiger partial charge in [-0.3, -0.25) is 4.79 Å². The lowest BCUT2D eigenvalue weighted by atomic mass is 10.0. The van der Waals surface area contributed by atoms with Crippen LogP contribution >= 0.6 is 11.6 Å². The molecule has 13 heteroatoms. The van der Waals surface area contributed by atoms with Crippen LogP contribution in [0.3, 0.4) is 0 Å². The molecular weight excluding hydrogens is 484 g/mol. The van der Waals surface area contributed by atoms with E-state index in [1.54, 1.807) is 18.3 Å². The maximum atomic E-state index is 13.2. The van der Waals surface area contributed by atoms with Crippen LogP contribution in [0.25, 0.3) is 11.0 Å². The molecule has 1 aromatic carbocycles. The van der Waals surface area contributed by atoms with Crippen LogP contribution in [0.15, 0.2) is 38.7 Å². The van der Waals surface area contributed by atoms with Gasteiger partial charge in [0.1, 0.15) is 15.4 Å². The van der Waals surface area contributed by atoms with E-state index < -0.39 is 10.0 Å². The first-order valence-corrected chi connectivity index (χ1v) is 13.1. The lowest BCUT2D eigenvalue weighted by Crippen LogP contribution is -2.41. The van der Waals surface area contributed by atoms with E-state index in [2.05, 4.69) is 20.7 Å². The van der Waals surface area contributed by atoms with Crippen molar-refractivity contribution >= 4 is 38.3 Å². The maximum Gasteiger partial charge on any atom is 0.287 e. The summed E-state index contributed by atoms with van der Waals surface area (Å²) in [5, 5.41) is 15.1. The Morgan fingerprint density at radius 3 is 2.76 bits per heavy atom. The number of ether oxygens (including phenoxy) is 1. The third-order valence-corrected chi connectivity index (χ3v) is 8.71. The molecule has 2 aromatic heterocycles. The minimum absolute atomic E-state index is 0.0572. The zero-order valence-corrected chi connectivity index (χ0v) is 20.0. The summed E-state index contributed by atoms with van der Waals surface area (Å²) in [6.45, 7) is 2.62. The van der Waals surface area contributed by atoms with Crippen molar-refractivity contribution in [3.8, 4) is 0 Å². The Kier molecular flexibility index (Phi) is 6.56. The Morgan fingerprint density at radius 2 is 2.00 bits per heavy atom. The van der Waals surface area contributed by atoms with Crippen LogP contribution < -0.4 is 10.9 Å². The third kappa shape index (κ3) is 4.42. The molecule has 2 saturated heterocycles. The highest BCUT2D eigenvalue weighted by molar-refractivity contribution is 7.89. The fourth-order valence-corrected chi connectivity index (χ4v) is 6.32. The highest BCUT2D eigenvalue weighted by atomic mass is 35.5. The van der Waals surface area contributed by atoms with Gasteiger partial charge in [-0.15, -0.1) is 0 Å². The molecule has 11 nitrogen and oxygen atoms in total. The first-order chi connectivity index (χ1) is 16.4. The van der Waals surface area contributed by atoms with Crippen LogP contribution in [0, 0.1) is 5.92 Å². The van der Waals surface area contributed by atoms with Crippen molar-refractivity contribution < 1.29 is 17.8 Å². The summed E-state index contributed by atoms with van der Waals surface area (Å²) >= 11 is 6.37. The largest absolute Gasteiger partial charge is 0.382 e. The molecule has 1 N–H and O–H groups in total. The average Bonchev–Trinajstić information content (AvgIpc) is 3.35. The molecule has 34 heavy (non-hydrogen) atoms. The molecule has 0 spiro atoms. The van der Waals surface area contributed by atoms with E-state index >= 15 is 0 Å². The van der Waals surface area contributed by atoms with Gasteiger partial charge in [0.25, 0.3) is 5.56 Å². The van der Waals surface area contributed by atoms with Crippen molar-refractivity contribution in [2.45, 2.75) is 36.6 Å². The Balaban J connectivity index is 1.26. The number of rotatable bonds is 6. The van der Waals surface area contributed by atoms with Crippen molar-refractivity contribution in [3.63, 3.8) is 0 Å². The molecule has 0 unspecified atom stereocenters. The molecule has 5 rings (SSSR count). The van der Waals surface area contributed by atoms with Crippen molar-refractivity contribution in [3.05, 3.63) is 39.8 Å². The van der Waals surface area contributed by atoms with Crippen LogP contribution in [0.4, 0.5) is 5.69 Å². The fraction of sp³-hybridized carbons (Fsp3) is 0.524. The van der Waals surface area contributed by atoms with Gasteiger partial charge in [0.2, 0.25) is 10.0 Å². The standard InChI is InChI=1S/C21H25ClN6O5S/c22-19-17(23-11-14-3-2-10-32-13-14)12-24-28(21(19)29)15-6-8-27(9-7-15)34(30,31)18-5-1-4-16-20(18)26-33-25-16/h1,4-5,12,14-15,23H,2-3,6-11,13H2/t14-/m1/s1. The monoisotopic (exact) mass is 508 g/mol. The predicted molar refractivity (Wildman–Crippen MR) is 124 cm³/mol. The number of halogens is 1. The van der Waals surface area contributed by atoms with Crippen LogP contribution in [-0.2, 0) is 14.8 Å². The molecule has 0 amide bonds. The van der Waals surface area contributed by atoms with Gasteiger partial charge in [-0.2, -0.15) is 9.40 Å².